The fourth-order valence-corrected chi connectivity index (χ4v) is 2.32. The fourth-order valence-electron chi connectivity index (χ4n) is 1.39. The number of nitrogens with one attached hydrogen (secondary N) is 1. The molecule has 0 aliphatic heterocycles. The highest BCUT2D eigenvalue weighted by Gasteiger charge is 2.15. The number of anilines is 1. The van der Waals surface area contributed by atoms with Crippen LogP contribution in [0.4, 0.5) is 6.01 Å². The molecule has 0 saturated heterocycles. The molecule has 0 aromatic carbocycles. The minimum atomic E-state index is 0.110. The smallest absolute Gasteiger partial charge is 0.316 e. The highest BCUT2D eigenvalue weighted by molar-refractivity contribution is 7.09. The van der Waals surface area contributed by atoms with Gasteiger partial charge in [-0.15, -0.1) is 28.0 Å². The summed E-state index contributed by atoms with van der Waals surface area (Å²) < 4.78 is 5.41. The van der Waals surface area contributed by atoms with Crippen molar-refractivity contribution in [3.63, 3.8) is 0 Å². The first-order valence-corrected chi connectivity index (χ1v) is 6.79. The van der Waals surface area contributed by atoms with Crippen molar-refractivity contribution in [1.82, 2.24) is 15.2 Å². The first kappa shape index (κ1) is 12.3. The van der Waals surface area contributed by atoms with Gasteiger partial charge >= 0.3 is 6.01 Å². The quantitative estimate of drug-likeness (QED) is 0.819. The summed E-state index contributed by atoms with van der Waals surface area (Å²) in [5.74, 6) is 1.03. The number of rotatable bonds is 6. The molecule has 0 bridgehead atoms. The van der Waals surface area contributed by atoms with Gasteiger partial charge in [-0.2, -0.15) is 0 Å². The predicted molar refractivity (Wildman–Crippen MR) is 67.5 cm³/mol. The standard InChI is InChI=1S/C10H13ClN4OS/c1-2-7(9-12-5-6-17-9)13-10-15-14-8(16-10)3-4-11/h5-7H,2-4H2,1H3,(H,13,15). The summed E-state index contributed by atoms with van der Waals surface area (Å²) in [6, 6.07) is 0.534. The molecule has 7 heteroatoms. The number of nitrogens with zero attached hydrogens (tertiary/aromatic N) is 3. The van der Waals surface area contributed by atoms with Gasteiger partial charge < -0.3 is 9.73 Å². The zero-order chi connectivity index (χ0) is 12.1. The van der Waals surface area contributed by atoms with Gasteiger partial charge in [0, 0.05) is 23.9 Å². The molecule has 2 aromatic heterocycles. The van der Waals surface area contributed by atoms with Crippen LogP contribution in [0.5, 0.6) is 0 Å². The van der Waals surface area contributed by atoms with Crippen molar-refractivity contribution in [3.8, 4) is 0 Å². The van der Waals surface area contributed by atoms with E-state index < -0.39 is 0 Å². The summed E-state index contributed by atoms with van der Waals surface area (Å²) in [6.07, 6.45) is 3.28. The molecule has 0 spiro atoms. The molecule has 1 atom stereocenters. The average Bonchev–Trinajstić information content (AvgIpc) is 2.97. The number of aromatic nitrogens is 3. The van der Waals surface area contributed by atoms with Crippen molar-refractivity contribution >= 4 is 29.0 Å². The van der Waals surface area contributed by atoms with E-state index in [4.69, 9.17) is 16.0 Å². The van der Waals surface area contributed by atoms with E-state index >= 15 is 0 Å². The van der Waals surface area contributed by atoms with Gasteiger partial charge in [-0.25, -0.2) is 4.98 Å². The van der Waals surface area contributed by atoms with Gasteiger partial charge in [0.15, 0.2) is 0 Å². The molecule has 1 N–H and O–H groups in total. The van der Waals surface area contributed by atoms with E-state index in [1.807, 2.05) is 5.38 Å². The van der Waals surface area contributed by atoms with E-state index in [0.717, 1.165) is 11.4 Å². The number of aryl methyl sites for hydroxylation is 1. The van der Waals surface area contributed by atoms with Crippen LogP contribution in [0.2, 0.25) is 0 Å². The summed E-state index contributed by atoms with van der Waals surface area (Å²) in [5, 5.41) is 14.0. The fraction of sp³-hybridized carbons (Fsp3) is 0.500. The Hall–Kier alpha value is -1.14. The number of hydrogen-bond donors (Lipinski definition) is 1. The van der Waals surface area contributed by atoms with E-state index in [9.17, 15) is 0 Å². The second kappa shape index (κ2) is 5.97. The minimum Gasteiger partial charge on any atom is -0.408 e. The lowest BCUT2D eigenvalue weighted by Crippen LogP contribution is -2.09. The molecule has 0 aliphatic rings. The van der Waals surface area contributed by atoms with Crippen LogP contribution in [-0.4, -0.2) is 21.1 Å². The summed E-state index contributed by atoms with van der Waals surface area (Å²) in [7, 11) is 0. The van der Waals surface area contributed by atoms with Gasteiger partial charge in [0.25, 0.3) is 0 Å². The number of alkyl halides is 1. The lowest BCUT2D eigenvalue weighted by molar-refractivity contribution is 0.504. The molecule has 17 heavy (non-hydrogen) atoms. The first-order valence-electron chi connectivity index (χ1n) is 5.37. The highest BCUT2D eigenvalue weighted by Crippen LogP contribution is 2.23. The van der Waals surface area contributed by atoms with Crippen LogP contribution < -0.4 is 5.32 Å². The third kappa shape index (κ3) is 3.17. The zero-order valence-corrected chi connectivity index (χ0v) is 11.0. The minimum absolute atomic E-state index is 0.110. The Kier molecular flexibility index (Phi) is 4.33. The zero-order valence-electron chi connectivity index (χ0n) is 9.39. The highest BCUT2D eigenvalue weighted by atomic mass is 35.5. The van der Waals surface area contributed by atoms with Gasteiger partial charge in [-0.3, -0.25) is 0 Å². The molecule has 2 aromatic rings. The normalized spacial score (nSPS) is 12.6. The molecule has 0 aliphatic carbocycles. The maximum absolute atomic E-state index is 5.60. The molecule has 92 valence electrons. The van der Waals surface area contributed by atoms with Gasteiger partial charge in [-0.1, -0.05) is 12.0 Å². The van der Waals surface area contributed by atoms with Crippen LogP contribution in [0.3, 0.4) is 0 Å². The SMILES string of the molecule is CCC(Nc1nnc(CCCl)o1)c1nccs1. The topological polar surface area (TPSA) is 63.8 Å². The third-order valence-corrected chi connectivity index (χ3v) is 3.31. The molecule has 1 unspecified atom stereocenters. The molecule has 5 nitrogen and oxygen atoms in total. The maximum Gasteiger partial charge on any atom is 0.316 e. The van der Waals surface area contributed by atoms with E-state index in [1.165, 1.54) is 0 Å². The van der Waals surface area contributed by atoms with Crippen LogP contribution in [0, 0.1) is 0 Å². The number of hydrogen-bond acceptors (Lipinski definition) is 6. The van der Waals surface area contributed by atoms with Crippen LogP contribution in [0.25, 0.3) is 0 Å². The van der Waals surface area contributed by atoms with E-state index in [1.54, 1.807) is 17.5 Å². The van der Waals surface area contributed by atoms with Gasteiger partial charge in [0.05, 0.1) is 6.04 Å². The van der Waals surface area contributed by atoms with E-state index in [-0.39, 0.29) is 6.04 Å². The van der Waals surface area contributed by atoms with Gasteiger partial charge in [-0.05, 0) is 6.42 Å². The largest absolute Gasteiger partial charge is 0.408 e. The maximum atomic E-state index is 5.60. The summed E-state index contributed by atoms with van der Waals surface area (Å²) >= 11 is 7.21. The van der Waals surface area contributed by atoms with E-state index in [2.05, 4.69) is 27.4 Å². The van der Waals surface area contributed by atoms with Crippen LogP contribution >= 0.6 is 22.9 Å². The molecule has 2 rings (SSSR count). The van der Waals surface area contributed by atoms with Crippen LogP contribution in [-0.2, 0) is 6.42 Å². The third-order valence-electron chi connectivity index (χ3n) is 2.23. The Bertz CT molecular complexity index is 445. The molecule has 0 saturated carbocycles. The first-order chi connectivity index (χ1) is 8.33. The Morgan fingerprint density at radius 3 is 3.06 bits per heavy atom. The van der Waals surface area contributed by atoms with Crippen LogP contribution in [0.1, 0.15) is 30.3 Å². The van der Waals surface area contributed by atoms with E-state index in [0.29, 0.717) is 24.2 Å². The predicted octanol–water partition coefficient (Wildman–Crippen LogP) is 2.87. The molecule has 0 radical (unpaired) electrons. The Labute approximate surface area is 108 Å². The van der Waals surface area contributed by atoms with Gasteiger partial charge in [0.2, 0.25) is 5.89 Å². The van der Waals surface area contributed by atoms with Crippen molar-refractivity contribution in [2.75, 3.05) is 11.2 Å². The second-order valence-corrected chi connectivity index (χ2v) is 4.72. The van der Waals surface area contributed by atoms with Gasteiger partial charge in [0.1, 0.15) is 5.01 Å². The number of thiazole rings is 1. The summed E-state index contributed by atoms with van der Waals surface area (Å²) in [6.45, 7) is 2.08. The molecule has 0 amide bonds. The van der Waals surface area contributed by atoms with Crippen molar-refractivity contribution in [2.45, 2.75) is 25.8 Å². The molecule has 2 heterocycles. The van der Waals surface area contributed by atoms with Crippen molar-refractivity contribution in [1.29, 1.82) is 0 Å². The Morgan fingerprint density at radius 2 is 2.41 bits per heavy atom. The lowest BCUT2D eigenvalue weighted by Gasteiger charge is -2.11. The Morgan fingerprint density at radius 1 is 1.53 bits per heavy atom. The molecule has 0 fully saturated rings. The van der Waals surface area contributed by atoms with Crippen molar-refractivity contribution < 1.29 is 4.42 Å². The lowest BCUT2D eigenvalue weighted by atomic mass is 10.2. The summed E-state index contributed by atoms with van der Waals surface area (Å²) in [5.41, 5.74) is 0. The van der Waals surface area contributed by atoms with Crippen LogP contribution in [0.15, 0.2) is 16.0 Å². The van der Waals surface area contributed by atoms with Crippen molar-refractivity contribution in [2.24, 2.45) is 0 Å². The monoisotopic (exact) mass is 272 g/mol. The van der Waals surface area contributed by atoms with Crippen molar-refractivity contribution in [3.05, 3.63) is 22.5 Å². The number of halogens is 1. The average molecular weight is 273 g/mol. The second-order valence-electron chi connectivity index (χ2n) is 3.42. The molecular weight excluding hydrogens is 260 g/mol. The Balaban J connectivity index is 2.02. The summed E-state index contributed by atoms with van der Waals surface area (Å²) in [4.78, 5) is 4.27. The molecular formula is C10H13ClN4OS.